The first-order valence-corrected chi connectivity index (χ1v) is 10.3. The van der Waals surface area contributed by atoms with Crippen LogP contribution in [-0.2, 0) is 9.53 Å². The number of pyridine rings is 1. The molecule has 33 heavy (non-hydrogen) atoms. The van der Waals surface area contributed by atoms with Gasteiger partial charge in [-0.3, -0.25) is 14.6 Å². The van der Waals surface area contributed by atoms with Crippen LogP contribution in [0.4, 0.5) is 4.39 Å². The second-order valence-corrected chi connectivity index (χ2v) is 7.70. The minimum Gasteiger partial charge on any atom is -0.493 e. The van der Waals surface area contributed by atoms with Crippen LogP contribution in [-0.4, -0.2) is 44.2 Å². The number of aromatic nitrogens is 1. The highest BCUT2D eigenvalue weighted by Gasteiger charge is 2.25. The van der Waals surface area contributed by atoms with Crippen molar-refractivity contribution >= 4 is 22.5 Å². The zero-order chi connectivity index (χ0) is 24.3. The summed E-state index contributed by atoms with van der Waals surface area (Å²) in [5.74, 6) is -1.31. The van der Waals surface area contributed by atoms with E-state index in [9.17, 15) is 14.0 Å². The largest absolute Gasteiger partial charge is 0.493 e. The first kappa shape index (κ1) is 24.0. The van der Waals surface area contributed by atoms with Gasteiger partial charge in [0.05, 0.1) is 38.9 Å². The van der Waals surface area contributed by atoms with Crippen LogP contribution in [0.2, 0.25) is 0 Å². The molecule has 0 aliphatic heterocycles. The third kappa shape index (κ3) is 4.74. The van der Waals surface area contributed by atoms with Gasteiger partial charge in [-0.25, -0.2) is 4.39 Å². The van der Waals surface area contributed by atoms with Gasteiger partial charge in [0.2, 0.25) is 5.78 Å². The SMILES string of the molecule is COC(=O)C(C)c1cnc(C(=O)c2cc(OC(C)C)ccc2F)c2cc(OC)c(OC)cc12. The predicted octanol–water partition coefficient (Wildman–Crippen LogP) is 4.69. The van der Waals surface area contributed by atoms with Crippen LogP contribution in [0.1, 0.15) is 48.3 Å². The van der Waals surface area contributed by atoms with E-state index in [1.165, 1.54) is 45.7 Å². The number of nitrogens with zero attached hydrogens (tertiary/aromatic N) is 1. The van der Waals surface area contributed by atoms with Crippen molar-refractivity contribution in [3.63, 3.8) is 0 Å². The van der Waals surface area contributed by atoms with E-state index >= 15 is 0 Å². The van der Waals surface area contributed by atoms with Gasteiger partial charge in [-0.1, -0.05) is 0 Å². The standard InChI is InChI=1S/C25H26FNO6/c1-13(2)33-15-7-8-20(26)18(9-15)24(28)23-17-11-22(31-5)21(30-4)10-16(17)19(12-27-23)14(3)25(29)32-6/h7-14H,1-6H3. The van der Waals surface area contributed by atoms with Crippen molar-refractivity contribution < 1.29 is 32.9 Å². The third-order valence-electron chi connectivity index (χ3n) is 5.21. The number of methoxy groups -OCH3 is 3. The fraction of sp³-hybridized carbons (Fsp3) is 0.320. The summed E-state index contributed by atoms with van der Waals surface area (Å²) in [6, 6.07) is 7.26. The molecule has 0 amide bonds. The molecule has 0 saturated heterocycles. The molecule has 0 radical (unpaired) electrons. The van der Waals surface area contributed by atoms with Crippen LogP contribution >= 0.6 is 0 Å². The van der Waals surface area contributed by atoms with Crippen molar-refractivity contribution in [3.05, 3.63) is 59.2 Å². The minimum absolute atomic E-state index is 0.00682. The van der Waals surface area contributed by atoms with Crippen molar-refractivity contribution in [2.45, 2.75) is 32.8 Å². The molecule has 0 aliphatic carbocycles. The number of carbonyl (C=O) groups excluding carboxylic acids is 2. The summed E-state index contributed by atoms with van der Waals surface area (Å²) < 4.78 is 35.9. The first-order chi connectivity index (χ1) is 15.7. The van der Waals surface area contributed by atoms with Gasteiger partial charge in [0.1, 0.15) is 17.3 Å². The Morgan fingerprint density at radius 3 is 2.15 bits per heavy atom. The number of ketones is 1. The fourth-order valence-corrected chi connectivity index (χ4v) is 3.57. The summed E-state index contributed by atoms with van der Waals surface area (Å²) in [5.41, 5.74) is 0.365. The molecule has 0 aliphatic rings. The number of esters is 1. The van der Waals surface area contributed by atoms with Crippen LogP contribution in [0.3, 0.4) is 0 Å². The molecular formula is C25H26FNO6. The van der Waals surface area contributed by atoms with E-state index in [1.807, 2.05) is 13.8 Å². The molecule has 7 nitrogen and oxygen atoms in total. The Kier molecular flexibility index (Phi) is 7.16. The van der Waals surface area contributed by atoms with E-state index in [0.29, 0.717) is 33.6 Å². The molecule has 3 aromatic rings. The molecule has 1 atom stereocenters. The Morgan fingerprint density at radius 2 is 1.58 bits per heavy atom. The topological polar surface area (TPSA) is 84.0 Å². The molecule has 8 heteroatoms. The summed E-state index contributed by atoms with van der Waals surface area (Å²) in [6.45, 7) is 5.34. The van der Waals surface area contributed by atoms with Gasteiger partial charge in [0.25, 0.3) is 0 Å². The van der Waals surface area contributed by atoms with Gasteiger partial charge in [0, 0.05) is 11.6 Å². The summed E-state index contributed by atoms with van der Waals surface area (Å²) in [4.78, 5) is 30.0. The Morgan fingerprint density at radius 1 is 0.939 bits per heavy atom. The lowest BCUT2D eigenvalue weighted by atomic mass is 9.93. The number of halogens is 1. The van der Waals surface area contributed by atoms with Gasteiger partial charge in [-0.15, -0.1) is 0 Å². The molecule has 174 valence electrons. The Bertz CT molecular complexity index is 1210. The van der Waals surface area contributed by atoms with Crippen LogP contribution in [0.5, 0.6) is 17.2 Å². The number of hydrogen-bond acceptors (Lipinski definition) is 7. The van der Waals surface area contributed by atoms with Crippen molar-refractivity contribution in [1.29, 1.82) is 0 Å². The quantitative estimate of drug-likeness (QED) is 0.360. The minimum atomic E-state index is -0.696. The molecule has 1 aromatic heterocycles. The number of benzene rings is 2. The second-order valence-electron chi connectivity index (χ2n) is 7.70. The van der Waals surface area contributed by atoms with Gasteiger partial charge >= 0.3 is 5.97 Å². The molecule has 0 N–H and O–H groups in total. The molecule has 0 fully saturated rings. The normalized spacial score (nSPS) is 11.9. The smallest absolute Gasteiger partial charge is 0.312 e. The average Bonchev–Trinajstić information content (AvgIpc) is 2.81. The fourth-order valence-electron chi connectivity index (χ4n) is 3.57. The molecule has 1 heterocycles. The highest BCUT2D eigenvalue weighted by molar-refractivity contribution is 6.16. The molecule has 2 aromatic carbocycles. The second kappa shape index (κ2) is 9.85. The third-order valence-corrected chi connectivity index (χ3v) is 5.21. The molecular weight excluding hydrogens is 429 g/mol. The van der Waals surface area contributed by atoms with Crippen molar-refractivity contribution in [2.75, 3.05) is 21.3 Å². The lowest BCUT2D eigenvalue weighted by Gasteiger charge is -2.17. The highest BCUT2D eigenvalue weighted by atomic mass is 19.1. The highest BCUT2D eigenvalue weighted by Crippen LogP contribution is 2.37. The average molecular weight is 455 g/mol. The predicted molar refractivity (Wildman–Crippen MR) is 121 cm³/mol. The van der Waals surface area contributed by atoms with Crippen molar-refractivity contribution in [3.8, 4) is 17.2 Å². The van der Waals surface area contributed by atoms with Gasteiger partial charge in [0.15, 0.2) is 11.5 Å². The van der Waals surface area contributed by atoms with Crippen LogP contribution < -0.4 is 14.2 Å². The van der Waals surface area contributed by atoms with E-state index in [-0.39, 0.29) is 17.4 Å². The van der Waals surface area contributed by atoms with E-state index in [2.05, 4.69) is 4.98 Å². The molecule has 0 bridgehead atoms. The maximum Gasteiger partial charge on any atom is 0.312 e. The van der Waals surface area contributed by atoms with Crippen LogP contribution in [0, 0.1) is 5.82 Å². The summed E-state index contributed by atoms with van der Waals surface area (Å²) in [6.07, 6.45) is 1.28. The molecule has 1 unspecified atom stereocenters. The first-order valence-electron chi connectivity index (χ1n) is 10.3. The maximum atomic E-state index is 14.7. The summed E-state index contributed by atoms with van der Waals surface area (Å²) >= 11 is 0. The van der Waals surface area contributed by atoms with Crippen LogP contribution in [0.15, 0.2) is 36.5 Å². The number of rotatable bonds is 8. The van der Waals surface area contributed by atoms with E-state index < -0.39 is 23.5 Å². The number of carbonyl (C=O) groups is 2. The maximum absolute atomic E-state index is 14.7. The van der Waals surface area contributed by atoms with Crippen molar-refractivity contribution in [2.24, 2.45) is 0 Å². The Hall–Kier alpha value is -3.68. The van der Waals surface area contributed by atoms with E-state index in [4.69, 9.17) is 18.9 Å². The van der Waals surface area contributed by atoms with Gasteiger partial charge < -0.3 is 18.9 Å². The number of hydrogen-bond donors (Lipinski definition) is 0. The summed E-state index contributed by atoms with van der Waals surface area (Å²) in [5, 5.41) is 0.930. The zero-order valence-corrected chi connectivity index (χ0v) is 19.4. The van der Waals surface area contributed by atoms with Crippen molar-refractivity contribution in [1.82, 2.24) is 4.98 Å². The van der Waals surface area contributed by atoms with Gasteiger partial charge in [-0.05, 0) is 62.1 Å². The Labute approximate surface area is 191 Å². The lowest BCUT2D eigenvalue weighted by molar-refractivity contribution is -0.141. The zero-order valence-electron chi connectivity index (χ0n) is 19.4. The van der Waals surface area contributed by atoms with Crippen LogP contribution in [0.25, 0.3) is 10.8 Å². The molecule has 3 rings (SSSR count). The Balaban J connectivity index is 2.25. The molecule has 0 saturated carbocycles. The molecule has 0 spiro atoms. The lowest BCUT2D eigenvalue weighted by Crippen LogP contribution is -2.14. The number of ether oxygens (including phenoxy) is 4. The van der Waals surface area contributed by atoms with E-state index in [0.717, 1.165) is 0 Å². The van der Waals surface area contributed by atoms with Gasteiger partial charge in [-0.2, -0.15) is 0 Å². The van der Waals surface area contributed by atoms with E-state index in [1.54, 1.807) is 19.1 Å². The monoisotopic (exact) mass is 455 g/mol. The summed E-state index contributed by atoms with van der Waals surface area (Å²) in [7, 11) is 4.24. The number of fused-ring (bicyclic) bond motifs is 1.